The van der Waals surface area contributed by atoms with E-state index in [0.717, 1.165) is 11.1 Å². The summed E-state index contributed by atoms with van der Waals surface area (Å²) in [5.41, 5.74) is 1.65. The van der Waals surface area contributed by atoms with Gasteiger partial charge in [0.2, 0.25) is 0 Å². The van der Waals surface area contributed by atoms with E-state index in [1.54, 1.807) is 37.3 Å². The number of benzene rings is 2. The molecule has 0 aromatic heterocycles. The number of amides is 1. The fraction of sp³-hybridized carbons (Fsp3) is 0.235. The summed E-state index contributed by atoms with van der Waals surface area (Å²) < 4.78 is 29.0. The van der Waals surface area contributed by atoms with Gasteiger partial charge >= 0.3 is 6.61 Å². The first-order chi connectivity index (χ1) is 11.0. The summed E-state index contributed by atoms with van der Waals surface area (Å²) in [6.07, 6.45) is -0.558. The maximum Gasteiger partial charge on any atom is 0.387 e. The minimum atomic E-state index is -2.99. The van der Waals surface area contributed by atoms with Gasteiger partial charge in [-0.1, -0.05) is 36.4 Å². The molecule has 0 aliphatic carbocycles. The molecule has 0 radical (unpaired) electrons. The number of nitrogens with one attached hydrogen (secondary N) is 1. The Bertz CT molecular complexity index is 657. The topological polar surface area (TPSA) is 58.6 Å². The predicted molar refractivity (Wildman–Crippen MR) is 81.3 cm³/mol. The van der Waals surface area contributed by atoms with Crippen LogP contribution in [0, 0.1) is 0 Å². The molecule has 23 heavy (non-hydrogen) atoms. The molecule has 2 N–H and O–H groups in total. The van der Waals surface area contributed by atoms with E-state index in [4.69, 9.17) is 0 Å². The van der Waals surface area contributed by atoms with Crippen LogP contribution in [0.25, 0.3) is 0 Å². The fourth-order valence-electron chi connectivity index (χ4n) is 2.04. The van der Waals surface area contributed by atoms with E-state index in [0.29, 0.717) is 0 Å². The molecule has 0 aliphatic rings. The Kier molecular flexibility index (Phi) is 5.65. The molecule has 2 aromatic rings. The maximum absolute atomic E-state index is 12.3. The molecule has 4 nitrogen and oxygen atoms in total. The molecule has 122 valence electrons. The van der Waals surface area contributed by atoms with Crippen molar-refractivity contribution in [3.8, 4) is 5.75 Å². The maximum atomic E-state index is 12.3. The van der Waals surface area contributed by atoms with Crippen molar-refractivity contribution in [2.45, 2.75) is 26.2 Å². The molecule has 1 atom stereocenters. The van der Waals surface area contributed by atoms with Gasteiger partial charge in [-0.15, -0.1) is 0 Å². The molecule has 0 saturated heterocycles. The molecular weight excluding hydrogens is 304 g/mol. The zero-order valence-electron chi connectivity index (χ0n) is 12.5. The lowest BCUT2D eigenvalue weighted by Gasteiger charge is -2.11. The van der Waals surface area contributed by atoms with Crippen LogP contribution < -0.4 is 10.1 Å². The second-order valence-corrected chi connectivity index (χ2v) is 4.97. The van der Waals surface area contributed by atoms with Gasteiger partial charge in [0.1, 0.15) is 5.75 Å². The van der Waals surface area contributed by atoms with Gasteiger partial charge in [0.15, 0.2) is 0 Å². The van der Waals surface area contributed by atoms with Crippen LogP contribution in [0.4, 0.5) is 8.78 Å². The number of carbonyl (C=O) groups is 1. The minimum Gasteiger partial charge on any atom is -0.434 e. The number of para-hydroxylation sites is 1. The first kappa shape index (κ1) is 16.9. The highest BCUT2D eigenvalue weighted by atomic mass is 19.3. The Morgan fingerprint density at radius 1 is 1.17 bits per heavy atom. The summed E-state index contributed by atoms with van der Waals surface area (Å²) in [6.45, 7) is -1.09. The van der Waals surface area contributed by atoms with Gasteiger partial charge < -0.3 is 15.2 Å². The van der Waals surface area contributed by atoms with E-state index < -0.39 is 18.6 Å². The second kappa shape index (κ2) is 7.69. The van der Waals surface area contributed by atoms with Gasteiger partial charge in [0.05, 0.1) is 11.7 Å². The lowest BCUT2D eigenvalue weighted by Crippen LogP contribution is -2.23. The molecule has 2 aromatic carbocycles. The average molecular weight is 321 g/mol. The van der Waals surface area contributed by atoms with Crippen molar-refractivity contribution >= 4 is 5.91 Å². The molecule has 6 heteroatoms. The van der Waals surface area contributed by atoms with Gasteiger partial charge in [-0.3, -0.25) is 4.79 Å². The molecular formula is C17H17F2NO3. The van der Waals surface area contributed by atoms with E-state index in [1.807, 2.05) is 0 Å². The Labute approximate surface area is 132 Å². The number of aliphatic hydroxyl groups is 1. The summed E-state index contributed by atoms with van der Waals surface area (Å²) in [4.78, 5) is 12.1. The molecule has 0 spiro atoms. The van der Waals surface area contributed by atoms with Gasteiger partial charge in [-0.05, 0) is 30.2 Å². The van der Waals surface area contributed by atoms with Crippen LogP contribution in [0.15, 0.2) is 48.5 Å². The molecule has 2 rings (SSSR count). The summed E-state index contributed by atoms with van der Waals surface area (Å²) in [5, 5.41) is 12.1. The molecule has 0 fully saturated rings. The number of aliphatic hydroxyl groups excluding tert-OH is 1. The largest absolute Gasteiger partial charge is 0.434 e. The summed E-state index contributed by atoms with van der Waals surface area (Å²) in [7, 11) is 0. The van der Waals surface area contributed by atoms with Crippen LogP contribution >= 0.6 is 0 Å². The van der Waals surface area contributed by atoms with Gasteiger partial charge in [0.25, 0.3) is 5.91 Å². The van der Waals surface area contributed by atoms with Crippen molar-refractivity contribution in [1.82, 2.24) is 5.32 Å². The van der Waals surface area contributed by atoms with Crippen molar-refractivity contribution in [2.75, 3.05) is 0 Å². The zero-order chi connectivity index (χ0) is 16.8. The molecule has 1 amide bonds. The lowest BCUT2D eigenvalue weighted by atomic mass is 10.1. The van der Waals surface area contributed by atoms with E-state index in [9.17, 15) is 18.7 Å². The third kappa shape index (κ3) is 4.75. The number of ether oxygens (including phenoxy) is 1. The first-order valence-electron chi connectivity index (χ1n) is 7.06. The SMILES string of the molecule is C[C@H](O)c1ccc(CNC(=O)c2ccccc2OC(F)F)cc1. The van der Waals surface area contributed by atoms with Crippen LogP contribution in [0.5, 0.6) is 5.75 Å². The lowest BCUT2D eigenvalue weighted by molar-refractivity contribution is -0.0501. The van der Waals surface area contributed by atoms with Crippen LogP contribution in [0.3, 0.4) is 0 Å². The van der Waals surface area contributed by atoms with Crippen LogP contribution in [-0.4, -0.2) is 17.6 Å². The minimum absolute atomic E-state index is 0.0494. The van der Waals surface area contributed by atoms with Crippen molar-refractivity contribution in [3.63, 3.8) is 0 Å². The highest BCUT2D eigenvalue weighted by Crippen LogP contribution is 2.20. The van der Waals surface area contributed by atoms with Crippen LogP contribution in [0.2, 0.25) is 0 Å². The fourth-order valence-corrected chi connectivity index (χ4v) is 2.04. The number of alkyl halides is 2. The molecule has 0 unspecified atom stereocenters. The summed E-state index contributed by atoms with van der Waals surface area (Å²) in [6, 6.07) is 12.9. The van der Waals surface area contributed by atoms with Gasteiger partial charge in [0, 0.05) is 6.54 Å². The van der Waals surface area contributed by atoms with Crippen LogP contribution in [0.1, 0.15) is 34.5 Å². The summed E-state index contributed by atoms with van der Waals surface area (Å²) >= 11 is 0. The van der Waals surface area contributed by atoms with E-state index in [-0.39, 0.29) is 17.9 Å². The molecule has 0 saturated carbocycles. The highest BCUT2D eigenvalue weighted by molar-refractivity contribution is 5.96. The summed E-state index contributed by atoms with van der Waals surface area (Å²) in [5.74, 6) is -0.662. The highest BCUT2D eigenvalue weighted by Gasteiger charge is 2.15. The molecule has 0 heterocycles. The first-order valence-corrected chi connectivity index (χ1v) is 7.06. The van der Waals surface area contributed by atoms with Crippen LogP contribution in [-0.2, 0) is 6.54 Å². The van der Waals surface area contributed by atoms with Crippen molar-refractivity contribution in [1.29, 1.82) is 0 Å². The second-order valence-electron chi connectivity index (χ2n) is 4.97. The predicted octanol–water partition coefficient (Wildman–Crippen LogP) is 3.27. The molecule has 0 aliphatic heterocycles. The number of halogens is 2. The quantitative estimate of drug-likeness (QED) is 0.858. The van der Waals surface area contributed by atoms with E-state index in [1.165, 1.54) is 18.2 Å². The smallest absolute Gasteiger partial charge is 0.387 e. The van der Waals surface area contributed by atoms with Gasteiger partial charge in [-0.2, -0.15) is 8.78 Å². The number of rotatable bonds is 6. The third-order valence-corrected chi connectivity index (χ3v) is 3.26. The number of carbonyl (C=O) groups excluding carboxylic acids is 1. The normalized spacial score (nSPS) is 12.0. The Balaban J connectivity index is 2.02. The van der Waals surface area contributed by atoms with Crippen molar-refractivity contribution < 1.29 is 23.4 Å². The average Bonchev–Trinajstić information content (AvgIpc) is 2.53. The van der Waals surface area contributed by atoms with Crippen molar-refractivity contribution in [3.05, 3.63) is 65.2 Å². The number of hydrogen-bond donors (Lipinski definition) is 2. The Morgan fingerprint density at radius 3 is 2.43 bits per heavy atom. The number of hydrogen-bond acceptors (Lipinski definition) is 3. The molecule has 0 bridgehead atoms. The van der Waals surface area contributed by atoms with Crippen molar-refractivity contribution in [2.24, 2.45) is 0 Å². The monoisotopic (exact) mass is 321 g/mol. The van der Waals surface area contributed by atoms with E-state index in [2.05, 4.69) is 10.1 Å². The van der Waals surface area contributed by atoms with Gasteiger partial charge in [-0.25, -0.2) is 0 Å². The Hall–Kier alpha value is -2.47. The van der Waals surface area contributed by atoms with E-state index >= 15 is 0 Å². The zero-order valence-corrected chi connectivity index (χ0v) is 12.5. The third-order valence-electron chi connectivity index (χ3n) is 3.26. The Morgan fingerprint density at radius 2 is 1.83 bits per heavy atom. The standard InChI is InChI=1S/C17H17F2NO3/c1-11(21)13-8-6-12(7-9-13)10-20-16(22)14-4-2-3-5-15(14)23-17(18)19/h2-9,11,17,21H,10H2,1H3,(H,20,22)/t11-/m0/s1.